The standard InChI is InChI=1S/C59H78N14O20.2Gd/c74-46(28-60-48(76)30-66-9-13-68(32-50(78)79)17-21-72(36-54(86)87)22-18-69(14-10-66)33-51(80)81)62-64-58(92)44-25-38-5-1-3-7-40(38)42(56(44)90)27-43-41-8-4-2-6-39(41)26-45(57(43)91)59(93)65-63-47(75)29-61-49(77)31-67-11-15-70(34-52(82)83)19-23-73(37-55(88)89)24-20-71(16-12-67)35-53(84)85;;/h1-8,25-26,90-91H,9-24,27-37H2,(H,60,76)(H,61,77)(H,62,74)(H,63,75)(H,64,92)(H,65,93)(H,78,79)(H,80,81)(H,82,83)(H,84,85)(H,86,87)(H,88,89);;/q;2*+3/p-6. The Kier molecular flexibility index (Phi) is 34.3. The van der Waals surface area contributed by atoms with Crippen molar-refractivity contribution in [2.45, 2.75) is 6.42 Å². The van der Waals surface area contributed by atoms with E-state index in [2.05, 4.69) is 32.3 Å². The molecule has 8 N–H and O–H groups in total. The van der Waals surface area contributed by atoms with Crippen LogP contribution in [-0.4, -0.2) is 291 Å². The monoisotopic (exact) mass is 1610 g/mol. The van der Waals surface area contributed by atoms with Crippen molar-refractivity contribution >= 4 is 92.8 Å². The Hall–Kier alpha value is -7.03. The van der Waals surface area contributed by atoms with E-state index in [1.165, 1.54) is 41.5 Å². The van der Waals surface area contributed by atoms with Gasteiger partial charge in [0.2, 0.25) is 11.8 Å². The second-order valence-corrected chi connectivity index (χ2v) is 22.1. The van der Waals surface area contributed by atoms with Crippen molar-refractivity contribution in [3.8, 4) is 11.5 Å². The Morgan fingerprint density at radius 1 is 0.337 bits per heavy atom. The van der Waals surface area contributed by atoms with Crippen LogP contribution in [-0.2, 0) is 54.4 Å². The second kappa shape index (κ2) is 40.5. The minimum atomic E-state index is -1.40. The Bertz CT molecular complexity index is 3130. The number of hydrazine groups is 2. The van der Waals surface area contributed by atoms with E-state index < -0.39 is 135 Å². The first-order chi connectivity index (χ1) is 44.3. The third-order valence-electron chi connectivity index (χ3n) is 15.3. The van der Waals surface area contributed by atoms with Gasteiger partial charge in [-0.3, -0.25) is 89.7 Å². The molecule has 34 nitrogen and oxygen atoms in total. The van der Waals surface area contributed by atoms with Crippen molar-refractivity contribution in [3.63, 3.8) is 0 Å². The largest absolute Gasteiger partial charge is 3.00 e. The molecule has 95 heavy (non-hydrogen) atoms. The number of benzene rings is 4. The summed E-state index contributed by atoms with van der Waals surface area (Å²) < 4.78 is 0. The van der Waals surface area contributed by atoms with Crippen molar-refractivity contribution < 1.29 is 178 Å². The summed E-state index contributed by atoms with van der Waals surface area (Å²) in [5.74, 6) is -14.7. The Labute approximate surface area is 608 Å². The number of nitrogens with one attached hydrogen (secondary N) is 6. The minimum Gasteiger partial charge on any atom is -0.549 e. The maximum atomic E-state index is 13.8. The number of nitrogens with zero attached hydrogens (tertiary/aromatic N) is 8. The van der Waals surface area contributed by atoms with Gasteiger partial charge in [0.15, 0.2) is 0 Å². The SMILES string of the molecule is O=C([O-])CN1CCN(CC(=O)[O-])CCN(CC(=O)NCC(=O)NNC(=O)c2cc3ccccc3c(Cc3c(O)c(C(=O)NNC(=O)CNC(=O)CN4CCN(CC(=O)[O-])CCN(CC(=O)[O-])CCN(CC(=O)[O-])CC4)cc4ccccc34)c2O)CCN(CC(=O)[O-])CC1.[Gd+3].[Gd+3]. The summed E-state index contributed by atoms with van der Waals surface area (Å²) in [6, 6.07) is 15.9. The van der Waals surface area contributed by atoms with Gasteiger partial charge in [0.25, 0.3) is 23.6 Å². The number of carboxylic acids is 6. The number of carboxylic acid groups (broad SMARTS) is 6. The summed E-state index contributed by atoms with van der Waals surface area (Å²) in [6.07, 6.45) is -0.314. The molecular formula is C59H72Gd2N14O20. The Balaban J connectivity index is 0.00000960. The molecule has 0 aliphatic carbocycles. The molecule has 2 radical (unpaired) electrons. The molecule has 0 bridgehead atoms. The fourth-order valence-electron chi connectivity index (χ4n) is 10.6. The molecule has 4 aromatic carbocycles. The number of aromatic hydroxyl groups is 2. The van der Waals surface area contributed by atoms with E-state index >= 15 is 0 Å². The van der Waals surface area contributed by atoms with Crippen LogP contribution in [0.5, 0.6) is 11.5 Å². The number of fused-ring (bicyclic) bond motifs is 2. The molecule has 2 fully saturated rings. The Morgan fingerprint density at radius 2 is 0.568 bits per heavy atom. The van der Waals surface area contributed by atoms with E-state index in [4.69, 9.17) is 0 Å². The molecule has 0 atom stereocenters. The molecule has 2 aliphatic heterocycles. The summed E-state index contributed by atoms with van der Waals surface area (Å²) in [4.78, 5) is 161. The van der Waals surface area contributed by atoms with Crippen LogP contribution in [0.15, 0.2) is 60.7 Å². The van der Waals surface area contributed by atoms with Gasteiger partial charge in [0.1, 0.15) is 11.5 Å². The van der Waals surface area contributed by atoms with E-state index in [1.54, 1.807) is 58.3 Å². The molecule has 6 rings (SSSR count). The van der Waals surface area contributed by atoms with Gasteiger partial charge in [0, 0.05) is 162 Å². The van der Waals surface area contributed by atoms with E-state index in [0.717, 1.165) is 0 Å². The molecule has 0 saturated carbocycles. The van der Waals surface area contributed by atoms with Gasteiger partial charge in [-0.05, 0) is 33.7 Å². The zero-order chi connectivity index (χ0) is 67.7. The molecule has 0 unspecified atom stereocenters. The van der Waals surface area contributed by atoms with Crippen LogP contribution in [0.2, 0.25) is 0 Å². The van der Waals surface area contributed by atoms with Gasteiger partial charge >= 0.3 is 79.9 Å². The van der Waals surface area contributed by atoms with Crippen molar-refractivity contribution in [1.29, 1.82) is 0 Å². The van der Waals surface area contributed by atoms with E-state index in [-0.39, 0.29) is 226 Å². The quantitative estimate of drug-likeness (QED) is 0.0302. The first-order valence-corrected chi connectivity index (χ1v) is 29.5. The summed E-state index contributed by atoms with van der Waals surface area (Å²) in [7, 11) is 0. The number of carbonyl (C=O) groups is 12. The number of phenolic OH excluding ortho intramolecular Hbond substituents is 2. The zero-order valence-electron chi connectivity index (χ0n) is 51.4. The van der Waals surface area contributed by atoms with E-state index in [9.17, 15) is 98.4 Å². The number of phenols is 2. The number of hydrogen-bond donors (Lipinski definition) is 8. The third-order valence-corrected chi connectivity index (χ3v) is 15.3. The average Bonchev–Trinajstić information content (AvgIpc) is 0.779. The fourth-order valence-corrected chi connectivity index (χ4v) is 10.6. The van der Waals surface area contributed by atoms with Crippen LogP contribution in [0.1, 0.15) is 31.8 Å². The first kappa shape index (κ1) is 80.4. The smallest absolute Gasteiger partial charge is 0.549 e. The van der Waals surface area contributed by atoms with E-state index in [0.29, 0.717) is 21.5 Å². The van der Waals surface area contributed by atoms with Gasteiger partial charge in [-0.15, -0.1) is 0 Å². The molecule has 6 amide bonds. The molecule has 2 heterocycles. The van der Waals surface area contributed by atoms with Crippen molar-refractivity contribution in [1.82, 2.24) is 71.5 Å². The average molecular weight is 1610 g/mol. The molecular weight excluding hydrogens is 1540 g/mol. The number of amides is 6. The van der Waals surface area contributed by atoms with Crippen molar-refractivity contribution in [3.05, 3.63) is 82.9 Å². The molecule has 0 aromatic heterocycles. The third kappa shape index (κ3) is 27.5. The number of rotatable bonds is 24. The number of aliphatic carboxylic acids is 6. The normalized spacial score (nSPS) is 15.9. The molecule has 36 heteroatoms. The van der Waals surface area contributed by atoms with Gasteiger partial charge in [-0.1, -0.05) is 48.5 Å². The maximum absolute atomic E-state index is 13.8. The zero-order valence-corrected chi connectivity index (χ0v) is 55.9. The van der Waals surface area contributed by atoms with Gasteiger partial charge < -0.3 is 80.3 Å². The van der Waals surface area contributed by atoms with Crippen molar-refractivity contribution in [2.75, 3.05) is 170 Å². The molecule has 2 saturated heterocycles. The van der Waals surface area contributed by atoms with Gasteiger partial charge in [0.05, 0.1) is 73.1 Å². The van der Waals surface area contributed by atoms with Gasteiger partial charge in [-0.2, -0.15) is 0 Å². The summed E-state index contributed by atoms with van der Waals surface area (Å²) in [5.41, 5.74) is 8.30. The topological polar surface area (TPSA) is 482 Å². The van der Waals surface area contributed by atoms with Crippen LogP contribution < -0.4 is 63.0 Å². The van der Waals surface area contributed by atoms with Crippen LogP contribution in [0, 0.1) is 79.9 Å². The number of hydrogen-bond acceptors (Lipinski definition) is 28. The molecule has 4 aromatic rings. The minimum absolute atomic E-state index is 0. The molecule has 0 spiro atoms. The first-order valence-electron chi connectivity index (χ1n) is 29.5. The number of carbonyl (C=O) groups excluding carboxylic acids is 12. The predicted octanol–water partition coefficient (Wildman–Crippen LogP) is -12.3. The van der Waals surface area contributed by atoms with Crippen LogP contribution in [0.3, 0.4) is 0 Å². The molecule has 514 valence electrons. The van der Waals surface area contributed by atoms with Crippen LogP contribution >= 0.6 is 0 Å². The summed E-state index contributed by atoms with van der Waals surface area (Å²) in [5, 5.41) is 99.4. The van der Waals surface area contributed by atoms with E-state index in [1.807, 2.05) is 0 Å². The van der Waals surface area contributed by atoms with Gasteiger partial charge in [-0.25, -0.2) is 0 Å². The maximum Gasteiger partial charge on any atom is 3.00 e. The summed E-state index contributed by atoms with van der Waals surface area (Å²) >= 11 is 0. The fraction of sp³-hybridized carbons (Fsp3) is 0.458. The Morgan fingerprint density at radius 3 is 0.811 bits per heavy atom. The van der Waals surface area contributed by atoms with Crippen LogP contribution in [0.25, 0.3) is 21.5 Å². The van der Waals surface area contributed by atoms with Crippen molar-refractivity contribution in [2.24, 2.45) is 0 Å². The predicted molar refractivity (Wildman–Crippen MR) is 313 cm³/mol. The van der Waals surface area contributed by atoms with Crippen LogP contribution in [0.4, 0.5) is 0 Å². The second-order valence-electron chi connectivity index (χ2n) is 22.1. The summed E-state index contributed by atoms with van der Waals surface area (Å²) in [6.45, 7) is -3.81. The molecule has 2 aliphatic rings.